The summed E-state index contributed by atoms with van der Waals surface area (Å²) in [6, 6.07) is 7.95. The van der Waals surface area contributed by atoms with E-state index >= 15 is 0 Å². The molecule has 1 aliphatic rings. The summed E-state index contributed by atoms with van der Waals surface area (Å²) in [6.45, 7) is 5.56. The zero-order chi connectivity index (χ0) is 22.2. The molecule has 7 heteroatoms. The van der Waals surface area contributed by atoms with Gasteiger partial charge >= 0.3 is 0 Å². The van der Waals surface area contributed by atoms with Crippen molar-refractivity contribution in [1.82, 2.24) is 14.1 Å². The molecule has 3 aromatic rings. The van der Waals surface area contributed by atoms with Crippen molar-refractivity contribution in [3.05, 3.63) is 52.2 Å². The minimum atomic E-state index is -2.56. The maximum atomic E-state index is 13.7. The lowest BCUT2D eigenvalue weighted by Gasteiger charge is -2.28. The first-order chi connectivity index (χ1) is 14.8. The number of nitrogens with zero attached hydrogens (tertiary/aromatic N) is 3. The topological polar surface area (TPSA) is 49.1 Å². The number of imidazole rings is 1. The van der Waals surface area contributed by atoms with Gasteiger partial charge in [0.1, 0.15) is 5.82 Å². The summed E-state index contributed by atoms with van der Waals surface area (Å²) in [5, 5.41) is 0. The molecule has 0 spiro atoms. The number of halogens is 2. The Labute approximate surface area is 180 Å². The second-order valence-electron chi connectivity index (χ2n) is 8.48. The normalized spacial score (nSPS) is 16.8. The van der Waals surface area contributed by atoms with E-state index in [1.807, 2.05) is 38.2 Å². The lowest BCUT2D eigenvalue weighted by atomic mass is 9.86. The van der Waals surface area contributed by atoms with Crippen molar-refractivity contribution < 1.29 is 13.5 Å². The molecule has 0 amide bonds. The SMILES string of the molecule is CCOCCn1c(C2CCC(F)(F)CC2)nc2ccc(-c3cc(C)c(=O)n(C)c3)cc21. The van der Waals surface area contributed by atoms with Crippen molar-refractivity contribution in [3.63, 3.8) is 0 Å². The van der Waals surface area contributed by atoms with Gasteiger partial charge < -0.3 is 13.9 Å². The molecule has 1 aliphatic carbocycles. The summed E-state index contributed by atoms with van der Waals surface area (Å²) < 4.78 is 36.7. The maximum absolute atomic E-state index is 13.7. The minimum absolute atomic E-state index is 0.0111. The highest BCUT2D eigenvalue weighted by Crippen LogP contribution is 2.41. The summed E-state index contributed by atoms with van der Waals surface area (Å²) in [5.41, 5.74) is 4.45. The van der Waals surface area contributed by atoms with Crippen molar-refractivity contribution in [2.45, 2.75) is 57.9 Å². The Bertz CT molecular complexity index is 1110. The van der Waals surface area contributed by atoms with Crippen LogP contribution in [0.3, 0.4) is 0 Å². The summed E-state index contributed by atoms with van der Waals surface area (Å²) in [7, 11) is 1.75. The number of hydrogen-bond acceptors (Lipinski definition) is 3. The highest BCUT2D eigenvalue weighted by molar-refractivity contribution is 5.82. The first-order valence-corrected chi connectivity index (χ1v) is 10.9. The standard InChI is InChI=1S/C24H29F2N3O2/c1-4-31-12-11-29-21-14-18(19-13-16(2)23(30)28(3)15-19)5-6-20(21)27-22(29)17-7-9-24(25,26)10-8-17/h5-6,13-15,17H,4,7-12H2,1-3H3. The van der Waals surface area contributed by atoms with Crippen LogP contribution >= 0.6 is 0 Å². The van der Waals surface area contributed by atoms with E-state index < -0.39 is 5.92 Å². The van der Waals surface area contributed by atoms with Gasteiger partial charge in [-0.25, -0.2) is 13.8 Å². The number of ether oxygens (including phenoxy) is 1. The molecule has 0 saturated heterocycles. The van der Waals surface area contributed by atoms with E-state index in [4.69, 9.17) is 9.72 Å². The van der Waals surface area contributed by atoms with Crippen LogP contribution < -0.4 is 5.56 Å². The molecule has 2 aromatic heterocycles. The van der Waals surface area contributed by atoms with Crippen LogP contribution in [0.4, 0.5) is 8.78 Å². The summed E-state index contributed by atoms with van der Waals surface area (Å²) in [5.74, 6) is -1.66. The van der Waals surface area contributed by atoms with Gasteiger partial charge in [0.05, 0.1) is 17.6 Å². The zero-order valence-corrected chi connectivity index (χ0v) is 18.3. The van der Waals surface area contributed by atoms with Gasteiger partial charge in [0, 0.05) is 50.7 Å². The van der Waals surface area contributed by atoms with Crippen molar-refractivity contribution in [2.24, 2.45) is 7.05 Å². The largest absolute Gasteiger partial charge is 0.380 e. The molecular weight excluding hydrogens is 400 g/mol. The summed E-state index contributed by atoms with van der Waals surface area (Å²) in [6.07, 6.45) is 2.54. The van der Waals surface area contributed by atoms with Crippen molar-refractivity contribution in [3.8, 4) is 11.1 Å². The highest BCUT2D eigenvalue weighted by Gasteiger charge is 2.37. The average Bonchev–Trinajstić information content (AvgIpc) is 3.09. The molecule has 5 nitrogen and oxygen atoms in total. The van der Waals surface area contributed by atoms with E-state index in [1.165, 1.54) is 0 Å². The van der Waals surface area contributed by atoms with Crippen molar-refractivity contribution in [1.29, 1.82) is 0 Å². The fraction of sp³-hybridized carbons (Fsp3) is 0.500. The molecule has 4 rings (SSSR count). The van der Waals surface area contributed by atoms with E-state index in [9.17, 15) is 13.6 Å². The van der Waals surface area contributed by atoms with Gasteiger partial charge in [-0.1, -0.05) is 6.07 Å². The number of rotatable bonds is 6. The maximum Gasteiger partial charge on any atom is 0.253 e. The molecule has 31 heavy (non-hydrogen) atoms. The number of fused-ring (bicyclic) bond motifs is 1. The van der Waals surface area contributed by atoms with Crippen molar-refractivity contribution >= 4 is 11.0 Å². The zero-order valence-electron chi connectivity index (χ0n) is 18.3. The fourth-order valence-corrected chi connectivity index (χ4v) is 4.50. The molecule has 1 aromatic carbocycles. The monoisotopic (exact) mass is 429 g/mol. The highest BCUT2D eigenvalue weighted by atomic mass is 19.3. The van der Waals surface area contributed by atoms with E-state index in [0.717, 1.165) is 28.0 Å². The third kappa shape index (κ3) is 4.42. The molecular formula is C24H29F2N3O2. The Kier molecular flexibility index (Phi) is 5.97. The third-order valence-corrected chi connectivity index (χ3v) is 6.22. The first kappa shape index (κ1) is 21.7. The lowest BCUT2D eigenvalue weighted by Crippen LogP contribution is -2.25. The molecule has 2 heterocycles. The number of pyridine rings is 1. The molecule has 166 valence electrons. The Hall–Kier alpha value is -2.54. The molecule has 0 atom stereocenters. The summed E-state index contributed by atoms with van der Waals surface area (Å²) >= 11 is 0. The van der Waals surface area contributed by atoms with Crippen LogP contribution in [0.1, 0.15) is 49.9 Å². The van der Waals surface area contributed by atoms with Crippen LogP contribution in [0.25, 0.3) is 22.2 Å². The van der Waals surface area contributed by atoms with Crippen LogP contribution in [0.2, 0.25) is 0 Å². The predicted octanol–water partition coefficient (Wildman–Crippen LogP) is 5.04. The number of benzene rings is 1. The molecule has 0 N–H and O–H groups in total. The number of hydrogen-bond donors (Lipinski definition) is 0. The van der Waals surface area contributed by atoms with Gasteiger partial charge in [-0.3, -0.25) is 4.79 Å². The van der Waals surface area contributed by atoms with E-state index in [1.54, 1.807) is 11.6 Å². The van der Waals surface area contributed by atoms with E-state index in [-0.39, 0.29) is 24.3 Å². The third-order valence-electron chi connectivity index (χ3n) is 6.22. The van der Waals surface area contributed by atoms with Gasteiger partial charge in [-0.2, -0.15) is 0 Å². The Balaban J connectivity index is 1.77. The number of alkyl halides is 2. The van der Waals surface area contributed by atoms with Gasteiger partial charge in [0.25, 0.3) is 5.56 Å². The van der Waals surface area contributed by atoms with Crippen LogP contribution in [-0.4, -0.2) is 33.3 Å². The number of aromatic nitrogens is 3. The van der Waals surface area contributed by atoms with E-state index in [2.05, 4.69) is 10.6 Å². The second-order valence-corrected chi connectivity index (χ2v) is 8.48. The Morgan fingerprint density at radius 1 is 1.19 bits per heavy atom. The quantitative estimate of drug-likeness (QED) is 0.516. The summed E-state index contributed by atoms with van der Waals surface area (Å²) in [4.78, 5) is 16.9. The molecule has 0 radical (unpaired) electrons. The molecule has 0 bridgehead atoms. The van der Waals surface area contributed by atoms with Crippen LogP contribution in [0, 0.1) is 6.92 Å². The van der Waals surface area contributed by atoms with Gasteiger partial charge in [-0.15, -0.1) is 0 Å². The van der Waals surface area contributed by atoms with Gasteiger partial charge in [0.15, 0.2) is 0 Å². The fourth-order valence-electron chi connectivity index (χ4n) is 4.50. The van der Waals surface area contributed by atoms with Crippen LogP contribution in [-0.2, 0) is 18.3 Å². The lowest BCUT2D eigenvalue weighted by molar-refractivity contribution is -0.0390. The first-order valence-electron chi connectivity index (χ1n) is 10.9. The van der Waals surface area contributed by atoms with E-state index in [0.29, 0.717) is 38.2 Å². The van der Waals surface area contributed by atoms with Gasteiger partial charge in [0.2, 0.25) is 5.92 Å². The van der Waals surface area contributed by atoms with Crippen LogP contribution in [0.15, 0.2) is 35.3 Å². The Morgan fingerprint density at radius 2 is 1.94 bits per heavy atom. The molecule has 1 fully saturated rings. The second kappa shape index (κ2) is 8.54. The van der Waals surface area contributed by atoms with Crippen molar-refractivity contribution in [2.75, 3.05) is 13.2 Å². The minimum Gasteiger partial charge on any atom is -0.380 e. The van der Waals surface area contributed by atoms with Gasteiger partial charge in [-0.05, 0) is 56.0 Å². The Morgan fingerprint density at radius 3 is 2.61 bits per heavy atom. The molecule has 0 aliphatic heterocycles. The average molecular weight is 430 g/mol. The molecule has 0 unspecified atom stereocenters. The van der Waals surface area contributed by atoms with Crippen LogP contribution in [0.5, 0.6) is 0 Å². The predicted molar refractivity (Wildman–Crippen MR) is 118 cm³/mol. The smallest absolute Gasteiger partial charge is 0.253 e. The number of aryl methyl sites for hydroxylation is 2. The molecule has 1 saturated carbocycles.